The van der Waals surface area contributed by atoms with Crippen LogP contribution in [0.3, 0.4) is 0 Å². The van der Waals surface area contributed by atoms with Gasteiger partial charge in [0.2, 0.25) is 0 Å². The number of rotatable bonds is 1. The molecule has 0 aromatic carbocycles. The summed E-state index contributed by atoms with van der Waals surface area (Å²) in [5.74, 6) is 0. The summed E-state index contributed by atoms with van der Waals surface area (Å²) in [6.07, 6.45) is 0.823. The van der Waals surface area contributed by atoms with Gasteiger partial charge in [0.05, 0.1) is 0 Å². The molecule has 0 fully saturated rings. The molecule has 2 heterocycles. The molecule has 0 aliphatic carbocycles. The second kappa shape index (κ2) is 3.01. The van der Waals surface area contributed by atoms with E-state index in [-0.39, 0.29) is 11.2 Å². The summed E-state index contributed by atoms with van der Waals surface area (Å²) < 4.78 is 26.3. The number of fused-ring (bicyclic) bond motifs is 1. The van der Waals surface area contributed by atoms with Crippen LogP contribution in [0.25, 0.3) is 11.2 Å². The first kappa shape index (κ1) is 9.56. The van der Waals surface area contributed by atoms with Gasteiger partial charge < -0.3 is 0 Å². The first-order valence-corrected chi connectivity index (χ1v) is 3.96. The van der Waals surface area contributed by atoms with Gasteiger partial charge in [-0.15, -0.1) is 0 Å². The average molecular weight is 216 g/mol. The molecular formula is C7H6F2N4O2. The molecular weight excluding hydrogens is 210 g/mol. The number of aromatic amines is 1. The summed E-state index contributed by atoms with van der Waals surface area (Å²) in [6.45, 7) is -2.87. The van der Waals surface area contributed by atoms with E-state index < -0.39 is 17.8 Å². The highest BCUT2D eigenvalue weighted by molar-refractivity contribution is 5.69. The highest BCUT2D eigenvalue weighted by Crippen LogP contribution is 2.14. The fourth-order valence-corrected chi connectivity index (χ4v) is 1.30. The first-order valence-electron chi connectivity index (χ1n) is 3.96. The number of hydrogen-bond acceptors (Lipinski definition) is 3. The van der Waals surface area contributed by atoms with E-state index in [0.29, 0.717) is 4.57 Å². The lowest BCUT2D eigenvalue weighted by Gasteiger charge is -2.01. The summed E-state index contributed by atoms with van der Waals surface area (Å²) in [6, 6.07) is 0. The van der Waals surface area contributed by atoms with Crippen molar-refractivity contribution in [3.8, 4) is 0 Å². The van der Waals surface area contributed by atoms with Gasteiger partial charge in [0.1, 0.15) is 6.33 Å². The molecule has 8 heteroatoms. The van der Waals surface area contributed by atoms with Crippen molar-refractivity contribution < 1.29 is 8.78 Å². The van der Waals surface area contributed by atoms with Gasteiger partial charge >= 0.3 is 12.2 Å². The van der Waals surface area contributed by atoms with E-state index in [2.05, 4.69) is 4.98 Å². The maximum atomic E-state index is 12.4. The van der Waals surface area contributed by atoms with Crippen LogP contribution in [0.5, 0.6) is 0 Å². The molecule has 2 aromatic heterocycles. The van der Waals surface area contributed by atoms with Crippen LogP contribution in [-0.2, 0) is 7.05 Å². The third-order valence-corrected chi connectivity index (χ3v) is 2.04. The van der Waals surface area contributed by atoms with E-state index in [0.717, 1.165) is 10.9 Å². The SMILES string of the molecule is Cn1c(=O)[nH]c(=O)c2c1ncn2C(F)F. The molecule has 0 atom stereocenters. The minimum atomic E-state index is -2.87. The molecule has 0 unspecified atom stereocenters. The molecule has 0 saturated carbocycles. The van der Waals surface area contributed by atoms with Crippen molar-refractivity contribution in [2.45, 2.75) is 6.55 Å². The Balaban J connectivity index is 3.00. The number of hydrogen-bond donors (Lipinski definition) is 1. The third-order valence-electron chi connectivity index (χ3n) is 2.04. The van der Waals surface area contributed by atoms with Gasteiger partial charge in [-0.05, 0) is 0 Å². The quantitative estimate of drug-likeness (QED) is 0.718. The van der Waals surface area contributed by atoms with Gasteiger partial charge in [0.25, 0.3) is 5.56 Å². The molecule has 0 amide bonds. The molecule has 2 rings (SSSR count). The second-order valence-electron chi connectivity index (χ2n) is 2.92. The van der Waals surface area contributed by atoms with Crippen LogP contribution in [0.15, 0.2) is 15.9 Å². The van der Waals surface area contributed by atoms with Crippen LogP contribution in [0.4, 0.5) is 8.78 Å². The van der Waals surface area contributed by atoms with Gasteiger partial charge in [0, 0.05) is 7.05 Å². The fraction of sp³-hybridized carbons (Fsp3) is 0.286. The molecule has 15 heavy (non-hydrogen) atoms. The molecule has 6 nitrogen and oxygen atoms in total. The number of nitrogens with one attached hydrogen (secondary N) is 1. The Bertz CT molecular complexity index is 624. The van der Waals surface area contributed by atoms with Crippen LogP contribution in [0.1, 0.15) is 6.55 Å². The summed E-state index contributed by atoms with van der Waals surface area (Å²) in [5.41, 5.74) is -1.94. The van der Waals surface area contributed by atoms with Crippen molar-refractivity contribution in [2.24, 2.45) is 7.05 Å². The van der Waals surface area contributed by atoms with Crippen molar-refractivity contribution in [2.75, 3.05) is 0 Å². The van der Waals surface area contributed by atoms with Gasteiger partial charge in [0.15, 0.2) is 11.2 Å². The monoisotopic (exact) mass is 216 g/mol. The van der Waals surface area contributed by atoms with E-state index >= 15 is 0 Å². The maximum Gasteiger partial charge on any atom is 0.329 e. The Morgan fingerprint density at radius 1 is 1.47 bits per heavy atom. The third kappa shape index (κ3) is 1.25. The van der Waals surface area contributed by atoms with Crippen LogP contribution in [0, 0.1) is 0 Å². The van der Waals surface area contributed by atoms with Crippen LogP contribution >= 0.6 is 0 Å². The Kier molecular flexibility index (Phi) is 1.92. The predicted molar refractivity (Wildman–Crippen MR) is 46.8 cm³/mol. The topological polar surface area (TPSA) is 72.7 Å². The largest absolute Gasteiger partial charge is 0.329 e. The number of halogens is 2. The Labute approximate surface area is 80.8 Å². The molecule has 0 radical (unpaired) electrons. The normalized spacial score (nSPS) is 11.5. The number of aromatic nitrogens is 4. The zero-order chi connectivity index (χ0) is 11.2. The molecule has 1 N–H and O–H groups in total. The van der Waals surface area contributed by atoms with Crippen molar-refractivity contribution in [3.05, 3.63) is 27.2 Å². The van der Waals surface area contributed by atoms with Crippen molar-refractivity contribution in [1.82, 2.24) is 19.1 Å². The van der Waals surface area contributed by atoms with E-state index in [1.54, 1.807) is 0 Å². The van der Waals surface area contributed by atoms with Gasteiger partial charge in [-0.2, -0.15) is 8.78 Å². The van der Waals surface area contributed by atoms with Gasteiger partial charge in [-0.3, -0.25) is 18.9 Å². The lowest BCUT2D eigenvalue weighted by Crippen LogP contribution is -2.29. The highest BCUT2D eigenvalue weighted by atomic mass is 19.3. The van der Waals surface area contributed by atoms with Gasteiger partial charge in [-0.25, -0.2) is 9.78 Å². The van der Waals surface area contributed by atoms with Crippen LogP contribution < -0.4 is 11.2 Å². The number of alkyl halides is 2. The van der Waals surface area contributed by atoms with Crippen LogP contribution in [-0.4, -0.2) is 19.1 Å². The van der Waals surface area contributed by atoms with Crippen molar-refractivity contribution >= 4 is 11.2 Å². The number of H-pyrrole nitrogens is 1. The Morgan fingerprint density at radius 2 is 2.13 bits per heavy atom. The van der Waals surface area contributed by atoms with Crippen LogP contribution in [0.2, 0.25) is 0 Å². The van der Waals surface area contributed by atoms with E-state index in [4.69, 9.17) is 0 Å². The molecule has 0 bridgehead atoms. The van der Waals surface area contributed by atoms with E-state index in [1.165, 1.54) is 7.05 Å². The zero-order valence-corrected chi connectivity index (χ0v) is 7.57. The summed E-state index contributed by atoms with van der Waals surface area (Å²) in [4.78, 5) is 27.9. The number of nitrogens with zero attached hydrogens (tertiary/aromatic N) is 3. The summed E-state index contributed by atoms with van der Waals surface area (Å²) >= 11 is 0. The average Bonchev–Trinajstić information content (AvgIpc) is 2.58. The smallest absolute Gasteiger partial charge is 0.279 e. The van der Waals surface area contributed by atoms with Crippen molar-refractivity contribution in [1.29, 1.82) is 0 Å². The fourth-order valence-electron chi connectivity index (χ4n) is 1.30. The lowest BCUT2D eigenvalue weighted by molar-refractivity contribution is 0.0743. The molecule has 0 spiro atoms. The number of aryl methyl sites for hydroxylation is 1. The minimum absolute atomic E-state index is 0.0657. The van der Waals surface area contributed by atoms with Gasteiger partial charge in [-0.1, -0.05) is 0 Å². The summed E-state index contributed by atoms with van der Waals surface area (Å²) in [7, 11) is 1.34. The minimum Gasteiger partial charge on any atom is -0.279 e. The predicted octanol–water partition coefficient (Wildman–Crippen LogP) is -0.182. The number of imidazole rings is 1. The maximum absolute atomic E-state index is 12.4. The molecule has 80 valence electrons. The van der Waals surface area contributed by atoms with E-state index in [1.807, 2.05) is 4.98 Å². The second-order valence-corrected chi connectivity index (χ2v) is 2.92. The van der Waals surface area contributed by atoms with Crippen molar-refractivity contribution in [3.63, 3.8) is 0 Å². The first-order chi connectivity index (χ1) is 7.02. The molecule has 0 aliphatic rings. The molecule has 0 saturated heterocycles. The molecule has 0 aliphatic heterocycles. The Morgan fingerprint density at radius 3 is 2.73 bits per heavy atom. The zero-order valence-electron chi connectivity index (χ0n) is 7.57. The standard InChI is InChI=1S/C7H6F2N4O2/c1-12-4-3(5(14)11-7(12)15)13(2-10-4)6(8)9/h2,6H,1H3,(H,11,14,15). The summed E-state index contributed by atoms with van der Waals surface area (Å²) in [5, 5.41) is 0. The lowest BCUT2D eigenvalue weighted by atomic mass is 10.5. The van der Waals surface area contributed by atoms with E-state index in [9.17, 15) is 18.4 Å². The Hall–Kier alpha value is -1.99. The molecule has 2 aromatic rings. The highest BCUT2D eigenvalue weighted by Gasteiger charge is 2.16.